The van der Waals surface area contributed by atoms with Crippen LogP contribution in [0.4, 0.5) is 0 Å². The van der Waals surface area contributed by atoms with E-state index in [1.54, 1.807) is 28.0 Å². The lowest BCUT2D eigenvalue weighted by Crippen LogP contribution is -2.45. The minimum atomic E-state index is 0.0664. The third-order valence-corrected chi connectivity index (χ3v) is 6.73. The van der Waals surface area contributed by atoms with E-state index in [0.717, 1.165) is 29.9 Å². The third-order valence-electron chi connectivity index (χ3n) is 4.59. The molecule has 0 aliphatic carbocycles. The second-order valence-electron chi connectivity index (χ2n) is 6.27. The van der Waals surface area contributed by atoms with Gasteiger partial charge in [0.2, 0.25) is 11.8 Å². The van der Waals surface area contributed by atoms with Crippen molar-refractivity contribution in [2.45, 2.75) is 18.8 Å². The maximum atomic E-state index is 12.6. The first-order valence-electron chi connectivity index (χ1n) is 8.19. The van der Waals surface area contributed by atoms with Crippen LogP contribution in [0.1, 0.15) is 23.8 Å². The second kappa shape index (κ2) is 6.72. The number of nitrogens with zero attached hydrogens (tertiary/aromatic N) is 3. The Morgan fingerprint density at radius 1 is 1.33 bits per heavy atom. The number of hydrogen-bond donors (Lipinski definition) is 0. The van der Waals surface area contributed by atoms with Gasteiger partial charge in [0, 0.05) is 19.0 Å². The van der Waals surface area contributed by atoms with E-state index in [0.29, 0.717) is 24.1 Å². The highest BCUT2D eigenvalue weighted by Crippen LogP contribution is 2.33. The van der Waals surface area contributed by atoms with Crippen molar-refractivity contribution in [1.29, 1.82) is 0 Å². The highest BCUT2D eigenvalue weighted by molar-refractivity contribution is 8.00. The molecule has 2 aliphatic rings. The number of carbonyl (C=O) groups excluding carboxylic acids is 2. The molecule has 1 aromatic carbocycles. The van der Waals surface area contributed by atoms with Gasteiger partial charge >= 0.3 is 0 Å². The average molecular weight is 361 g/mol. The van der Waals surface area contributed by atoms with Gasteiger partial charge in [-0.2, -0.15) is 0 Å². The lowest BCUT2D eigenvalue weighted by atomic mass is 9.98. The summed E-state index contributed by atoms with van der Waals surface area (Å²) in [5.41, 5.74) is 1.04. The number of para-hydroxylation sites is 1. The molecule has 0 radical (unpaired) electrons. The van der Waals surface area contributed by atoms with Crippen LogP contribution in [-0.4, -0.2) is 57.9 Å². The van der Waals surface area contributed by atoms with Gasteiger partial charge < -0.3 is 9.80 Å². The third kappa shape index (κ3) is 3.15. The summed E-state index contributed by atoms with van der Waals surface area (Å²) < 4.78 is 1.20. The van der Waals surface area contributed by atoms with Crippen molar-refractivity contribution in [3.8, 4) is 0 Å². The number of likely N-dealkylation sites (tertiary alicyclic amines) is 1. The number of piperidine rings is 1. The molecular formula is C17H19N3O2S2. The standard InChI is InChI=1S/C17H19N3O2S2/c21-15(9-20-11-23-10-16(20)22)19-7-3-4-12(8-19)17-18-13-5-1-2-6-14(13)24-17/h1-2,5-6,12H,3-4,7-11H2. The smallest absolute Gasteiger partial charge is 0.242 e. The number of amides is 2. The fourth-order valence-electron chi connectivity index (χ4n) is 3.27. The van der Waals surface area contributed by atoms with E-state index in [1.165, 1.54) is 4.70 Å². The Bertz CT molecular complexity index is 743. The molecule has 5 nitrogen and oxygen atoms in total. The van der Waals surface area contributed by atoms with Crippen LogP contribution in [0.2, 0.25) is 0 Å². The van der Waals surface area contributed by atoms with Crippen molar-refractivity contribution in [2.24, 2.45) is 0 Å². The van der Waals surface area contributed by atoms with Gasteiger partial charge in [-0.15, -0.1) is 23.1 Å². The number of hydrogen-bond acceptors (Lipinski definition) is 5. The molecule has 2 amide bonds. The van der Waals surface area contributed by atoms with Crippen LogP contribution in [-0.2, 0) is 9.59 Å². The molecule has 2 saturated heterocycles. The van der Waals surface area contributed by atoms with Crippen molar-refractivity contribution in [2.75, 3.05) is 31.3 Å². The predicted octanol–water partition coefficient (Wildman–Crippen LogP) is 2.54. The van der Waals surface area contributed by atoms with Crippen molar-refractivity contribution in [1.82, 2.24) is 14.8 Å². The fraction of sp³-hybridized carbons (Fsp3) is 0.471. The summed E-state index contributed by atoms with van der Waals surface area (Å²) in [6.07, 6.45) is 2.07. The van der Waals surface area contributed by atoms with Gasteiger partial charge in [-0.1, -0.05) is 12.1 Å². The molecule has 0 bridgehead atoms. The van der Waals surface area contributed by atoms with E-state index >= 15 is 0 Å². The molecule has 7 heteroatoms. The maximum Gasteiger partial charge on any atom is 0.242 e. The normalized spacial score (nSPS) is 21.7. The molecule has 126 valence electrons. The van der Waals surface area contributed by atoms with Crippen LogP contribution in [0.25, 0.3) is 10.2 Å². The Morgan fingerprint density at radius 2 is 2.21 bits per heavy atom. The number of benzene rings is 1. The molecule has 24 heavy (non-hydrogen) atoms. The predicted molar refractivity (Wildman–Crippen MR) is 97.2 cm³/mol. The van der Waals surface area contributed by atoms with Gasteiger partial charge in [0.05, 0.1) is 26.9 Å². The van der Waals surface area contributed by atoms with Gasteiger partial charge in [0.25, 0.3) is 0 Å². The first-order valence-corrected chi connectivity index (χ1v) is 10.2. The van der Waals surface area contributed by atoms with Crippen LogP contribution in [0, 0.1) is 0 Å². The Kier molecular flexibility index (Phi) is 4.45. The van der Waals surface area contributed by atoms with Crippen molar-refractivity contribution >= 4 is 45.1 Å². The molecular weight excluding hydrogens is 342 g/mol. The van der Waals surface area contributed by atoms with Crippen molar-refractivity contribution in [3.63, 3.8) is 0 Å². The first kappa shape index (κ1) is 15.9. The summed E-state index contributed by atoms with van der Waals surface area (Å²) in [5.74, 6) is 1.59. The molecule has 1 unspecified atom stereocenters. The van der Waals surface area contributed by atoms with Crippen LogP contribution in [0.3, 0.4) is 0 Å². The summed E-state index contributed by atoms with van der Waals surface area (Å²) in [6, 6.07) is 8.18. The van der Waals surface area contributed by atoms with Gasteiger partial charge in [-0.3, -0.25) is 9.59 Å². The minimum absolute atomic E-state index is 0.0664. The SMILES string of the molecule is O=C1CSCN1CC(=O)N1CCCC(c2nc3ccccc3s2)C1. The summed E-state index contributed by atoms with van der Waals surface area (Å²) in [7, 11) is 0. The number of carbonyl (C=O) groups is 2. The first-order chi connectivity index (χ1) is 11.7. The summed E-state index contributed by atoms with van der Waals surface area (Å²) in [4.78, 5) is 32.6. The second-order valence-corrected chi connectivity index (χ2v) is 8.29. The molecule has 1 aromatic heterocycles. The van der Waals surface area contributed by atoms with Crippen molar-refractivity contribution < 1.29 is 9.59 Å². The van der Waals surface area contributed by atoms with Crippen LogP contribution in [0.5, 0.6) is 0 Å². The summed E-state index contributed by atoms with van der Waals surface area (Å²) in [6.45, 7) is 1.72. The topological polar surface area (TPSA) is 53.5 Å². The lowest BCUT2D eigenvalue weighted by molar-refractivity contribution is -0.138. The summed E-state index contributed by atoms with van der Waals surface area (Å²) in [5, 5.41) is 1.13. The molecule has 1 atom stereocenters. The molecule has 2 aromatic rings. The monoisotopic (exact) mass is 361 g/mol. The number of aromatic nitrogens is 1. The molecule has 2 aliphatic heterocycles. The highest BCUT2D eigenvalue weighted by atomic mass is 32.2. The Balaban J connectivity index is 1.45. The number of fused-ring (bicyclic) bond motifs is 1. The van der Waals surface area contributed by atoms with E-state index < -0.39 is 0 Å². The zero-order chi connectivity index (χ0) is 16.5. The quantitative estimate of drug-likeness (QED) is 0.843. The molecule has 0 spiro atoms. The highest BCUT2D eigenvalue weighted by Gasteiger charge is 2.30. The number of thioether (sulfide) groups is 1. The van der Waals surface area contributed by atoms with E-state index in [2.05, 4.69) is 6.07 Å². The van der Waals surface area contributed by atoms with Gasteiger partial charge in [-0.05, 0) is 25.0 Å². The lowest BCUT2D eigenvalue weighted by Gasteiger charge is -2.32. The van der Waals surface area contributed by atoms with E-state index in [4.69, 9.17) is 4.98 Å². The average Bonchev–Trinajstić information content (AvgIpc) is 3.21. The molecule has 0 N–H and O–H groups in total. The number of rotatable bonds is 3. The van der Waals surface area contributed by atoms with Crippen LogP contribution in [0.15, 0.2) is 24.3 Å². The Labute approximate surface area is 149 Å². The Morgan fingerprint density at radius 3 is 3.00 bits per heavy atom. The number of thiazole rings is 1. The fourth-order valence-corrected chi connectivity index (χ4v) is 5.27. The maximum absolute atomic E-state index is 12.6. The zero-order valence-corrected chi connectivity index (χ0v) is 14.9. The minimum Gasteiger partial charge on any atom is -0.340 e. The largest absolute Gasteiger partial charge is 0.340 e. The molecule has 0 saturated carbocycles. The van der Waals surface area contributed by atoms with E-state index in [1.807, 2.05) is 23.1 Å². The summed E-state index contributed by atoms with van der Waals surface area (Å²) >= 11 is 3.31. The molecule has 3 heterocycles. The van der Waals surface area contributed by atoms with Gasteiger partial charge in [0.1, 0.15) is 6.54 Å². The molecule has 2 fully saturated rings. The van der Waals surface area contributed by atoms with E-state index in [9.17, 15) is 9.59 Å². The van der Waals surface area contributed by atoms with Crippen molar-refractivity contribution in [3.05, 3.63) is 29.3 Å². The van der Waals surface area contributed by atoms with Gasteiger partial charge in [0.15, 0.2) is 0 Å². The zero-order valence-electron chi connectivity index (χ0n) is 13.3. The molecule has 4 rings (SSSR count). The van der Waals surface area contributed by atoms with Crippen LogP contribution < -0.4 is 0 Å². The Hall–Kier alpha value is -1.60. The van der Waals surface area contributed by atoms with Crippen LogP contribution >= 0.6 is 23.1 Å². The van der Waals surface area contributed by atoms with E-state index in [-0.39, 0.29) is 18.4 Å². The van der Waals surface area contributed by atoms with Gasteiger partial charge in [-0.25, -0.2) is 4.98 Å².